The van der Waals surface area contributed by atoms with E-state index in [4.69, 9.17) is 37.8 Å². The summed E-state index contributed by atoms with van der Waals surface area (Å²) in [7, 11) is 0. The molecule has 3 aromatic carbocycles. The smallest absolute Gasteiger partial charge is 0.307 e. The minimum Gasteiger partial charge on any atom is -0.504 e. The number of halogens is 4. The number of carboxylic acids is 1. The zero-order chi connectivity index (χ0) is 21.1. The van der Waals surface area contributed by atoms with Gasteiger partial charge in [0.2, 0.25) is 0 Å². The molecule has 0 atom stereocenters. The van der Waals surface area contributed by atoms with Gasteiger partial charge in [0.05, 0.1) is 25.4 Å². The van der Waals surface area contributed by atoms with Gasteiger partial charge in [-0.05, 0) is 73.8 Å². The Morgan fingerprint density at radius 3 is 2.14 bits per heavy atom. The maximum absolute atomic E-state index is 10.9. The lowest BCUT2D eigenvalue weighted by atomic mass is 10.1. The topological polar surface area (TPSA) is 76.0 Å². The van der Waals surface area contributed by atoms with Gasteiger partial charge >= 0.3 is 5.97 Å². The summed E-state index contributed by atoms with van der Waals surface area (Å²) in [5.41, 5.74) is 0.609. The average Bonchev–Trinajstić information content (AvgIpc) is 2.63. The predicted molar refractivity (Wildman–Crippen MR) is 118 cm³/mol. The summed E-state index contributed by atoms with van der Waals surface area (Å²) in [6, 6.07) is 12.6. The number of ether oxygens (including phenoxy) is 2. The Hall–Kier alpha value is -1.93. The Balaban J connectivity index is 1.86. The molecule has 29 heavy (non-hydrogen) atoms. The molecule has 150 valence electrons. The number of phenolic OH excluding ortho intramolecular Hbond substituents is 1. The molecule has 0 radical (unpaired) electrons. The molecule has 0 aliphatic heterocycles. The minimum absolute atomic E-state index is 0.0849. The van der Waals surface area contributed by atoms with Gasteiger partial charge in [-0.2, -0.15) is 0 Å². The van der Waals surface area contributed by atoms with Gasteiger partial charge in [0.25, 0.3) is 0 Å². The van der Waals surface area contributed by atoms with E-state index in [1.807, 2.05) is 0 Å². The molecule has 3 rings (SSSR count). The Labute approximate surface area is 193 Å². The number of hydrogen-bond donors (Lipinski definition) is 2. The van der Waals surface area contributed by atoms with Gasteiger partial charge in [-0.25, -0.2) is 0 Å². The molecule has 0 aliphatic rings. The van der Waals surface area contributed by atoms with Gasteiger partial charge in [0.15, 0.2) is 17.2 Å². The number of aromatic hydroxyl groups is 1. The minimum atomic E-state index is -0.930. The first-order valence-corrected chi connectivity index (χ1v) is 10.4. The molecule has 0 saturated carbocycles. The van der Waals surface area contributed by atoms with Gasteiger partial charge in [-0.15, -0.1) is 0 Å². The number of rotatable bonds is 6. The molecule has 0 aliphatic carbocycles. The summed E-state index contributed by atoms with van der Waals surface area (Å²) in [5.74, 6) is 0.386. The van der Waals surface area contributed by atoms with Crippen LogP contribution in [-0.2, 0) is 11.2 Å². The van der Waals surface area contributed by atoms with Crippen LogP contribution in [0.5, 0.6) is 28.7 Å². The van der Waals surface area contributed by atoms with Gasteiger partial charge < -0.3 is 19.7 Å². The van der Waals surface area contributed by atoms with Gasteiger partial charge in [0.1, 0.15) is 11.5 Å². The first kappa shape index (κ1) is 21.8. The van der Waals surface area contributed by atoms with Gasteiger partial charge in [-0.3, -0.25) is 4.79 Å². The van der Waals surface area contributed by atoms with Crippen molar-refractivity contribution in [1.82, 2.24) is 0 Å². The molecule has 0 unspecified atom stereocenters. The first-order chi connectivity index (χ1) is 13.7. The van der Waals surface area contributed by atoms with Gasteiger partial charge in [0, 0.05) is 12.1 Å². The lowest BCUT2D eigenvalue weighted by Crippen LogP contribution is -2.00. The summed E-state index contributed by atoms with van der Waals surface area (Å²) in [6.07, 6.45) is -0.113. The van der Waals surface area contributed by atoms with E-state index < -0.39 is 5.97 Å². The normalized spacial score (nSPS) is 10.6. The Bertz CT molecular complexity index is 1070. The monoisotopic (exact) mass is 560 g/mol. The van der Waals surface area contributed by atoms with Crippen molar-refractivity contribution in [2.24, 2.45) is 0 Å². The number of aliphatic carboxylic acids is 1. The highest BCUT2D eigenvalue weighted by molar-refractivity contribution is 9.11. The number of carbonyl (C=O) groups is 1. The van der Waals surface area contributed by atoms with Crippen LogP contribution >= 0.6 is 55.1 Å². The zero-order valence-corrected chi connectivity index (χ0v) is 19.1. The Morgan fingerprint density at radius 1 is 0.897 bits per heavy atom. The van der Waals surface area contributed by atoms with Crippen molar-refractivity contribution in [3.8, 4) is 28.7 Å². The second-order valence-corrected chi connectivity index (χ2v) is 8.39. The van der Waals surface area contributed by atoms with Crippen molar-refractivity contribution in [2.75, 3.05) is 0 Å². The molecule has 0 heterocycles. The second kappa shape index (κ2) is 9.26. The van der Waals surface area contributed by atoms with Crippen molar-refractivity contribution in [2.45, 2.75) is 6.42 Å². The molecule has 0 fully saturated rings. The molecule has 0 bridgehead atoms. The van der Waals surface area contributed by atoms with E-state index in [0.717, 1.165) is 0 Å². The van der Waals surface area contributed by atoms with Crippen LogP contribution in [0.1, 0.15) is 5.56 Å². The predicted octanol–water partition coefficient (Wildman–Crippen LogP) is 7.44. The van der Waals surface area contributed by atoms with Crippen molar-refractivity contribution in [1.29, 1.82) is 0 Å². The fourth-order valence-electron chi connectivity index (χ4n) is 2.41. The maximum atomic E-state index is 10.9. The van der Waals surface area contributed by atoms with E-state index in [1.165, 1.54) is 18.2 Å². The fraction of sp³-hybridized carbons (Fsp3) is 0.0500. The molecular formula is C20H12Br2Cl2O5. The van der Waals surface area contributed by atoms with Crippen LogP contribution in [0, 0.1) is 0 Å². The Kier molecular flexibility index (Phi) is 6.95. The zero-order valence-electron chi connectivity index (χ0n) is 14.5. The van der Waals surface area contributed by atoms with Crippen LogP contribution in [0.4, 0.5) is 0 Å². The van der Waals surface area contributed by atoms with E-state index in [1.54, 1.807) is 30.3 Å². The van der Waals surface area contributed by atoms with Crippen LogP contribution in [0.3, 0.4) is 0 Å². The van der Waals surface area contributed by atoms with Gasteiger partial charge in [-0.1, -0.05) is 23.2 Å². The molecule has 3 aromatic rings. The molecular weight excluding hydrogens is 551 g/mol. The summed E-state index contributed by atoms with van der Waals surface area (Å²) in [5, 5.41) is 19.8. The third kappa shape index (κ3) is 5.57. The van der Waals surface area contributed by atoms with Crippen LogP contribution < -0.4 is 9.47 Å². The molecule has 2 N–H and O–H groups in total. The lowest BCUT2D eigenvalue weighted by molar-refractivity contribution is -0.136. The van der Waals surface area contributed by atoms with E-state index in [2.05, 4.69) is 31.9 Å². The molecule has 0 aromatic heterocycles. The molecule has 9 heteroatoms. The van der Waals surface area contributed by atoms with Crippen LogP contribution in [-0.4, -0.2) is 16.2 Å². The fourth-order valence-corrected chi connectivity index (χ4v) is 4.14. The van der Waals surface area contributed by atoms with Crippen LogP contribution in [0.15, 0.2) is 57.5 Å². The molecule has 0 amide bonds. The van der Waals surface area contributed by atoms with Crippen LogP contribution in [0.2, 0.25) is 10.0 Å². The Morgan fingerprint density at radius 2 is 1.52 bits per heavy atom. The van der Waals surface area contributed by atoms with E-state index >= 15 is 0 Å². The van der Waals surface area contributed by atoms with Crippen LogP contribution in [0.25, 0.3) is 0 Å². The highest BCUT2D eigenvalue weighted by Crippen LogP contribution is 2.41. The van der Waals surface area contributed by atoms with E-state index in [0.29, 0.717) is 41.8 Å². The molecule has 0 spiro atoms. The first-order valence-electron chi connectivity index (χ1n) is 8.06. The summed E-state index contributed by atoms with van der Waals surface area (Å²) in [6.45, 7) is 0. The van der Waals surface area contributed by atoms with Crippen molar-refractivity contribution < 1.29 is 24.5 Å². The third-order valence-corrected chi connectivity index (χ3v) is 5.60. The quantitative estimate of drug-likeness (QED) is 0.327. The largest absolute Gasteiger partial charge is 0.504 e. The summed E-state index contributed by atoms with van der Waals surface area (Å²) in [4.78, 5) is 10.9. The maximum Gasteiger partial charge on any atom is 0.307 e. The lowest BCUT2D eigenvalue weighted by Gasteiger charge is -2.14. The molecule has 0 saturated heterocycles. The summed E-state index contributed by atoms with van der Waals surface area (Å²) < 4.78 is 12.7. The van der Waals surface area contributed by atoms with E-state index in [-0.39, 0.29) is 17.9 Å². The van der Waals surface area contributed by atoms with Crippen molar-refractivity contribution >= 4 is 61.0 Å². The molecule has 5 nitrogen and oxygen atoms in total. The van der Waals surface area contributed by atoms with Crippen molar-refractivity contribution in [3.63, 3.8) is 0 Å². The number of phenols is 1. The number of carboxylic acid groups (broad SMARTS) is 1. The van der Waals surface area contributed by atoms with Crippen molar-refractivity contribution in [3.05, 3.63) is 73.1 Å². The van der Waals surface area contributed by atoms with E-state index in [9.17, 15) is 9.90 Å². The number of benzene rings is 3. The summed E-state index contributed by atoms with van der Waals surface area (Å²) >= 11 is 18.7. The number of hydrogen-bond acceptors (Lipinski definition) is 4. The third-order valence-electron chi connectivity index (χ3n) is 3.68. The highest BCUT2D eigenvalue weighted by atomic mass is 79.9. The average molecular weight is 563 g/mol. The standard InChI is InChI=1S/C20H12Br2Cl2O5/c21-13-5-10(7-19(26)27)6-14(22)20(13)29-12-2-4-17(25)18(9-12)28-11-1-3-15(23)16(24)8-11/h1-6,8-9,25H,7H2,(H,26,27). The highest BCUT2D eigenvalue weighted by Gasteiger charge is 2.14. The SMILES string of the molecule is O=C(O)Cc1cc(Br)c(Oc2ccc(O)c(Oc3ccc(Cl)c(Cl)c3)c2)c(Br)c1. The second-order valence-electron chi connectivity index (χ2n) is 5.87.